The summed E-state index contributed by atoms with van der Waals surface area (Å²) in [5, 5.41) is 12.5. The van der Waals surface area contributed by atoms with E-state index in [9.17, 15) is 9.90 Å². The Bertz CT molecular complexity index is 408. The summed E-state index contributed by atoms with van der Waals surface area (Å²) in [5.74, 6) is 0.189. The number of piperidine rings is 1. The Morgan fingerprint density at radius 2 is 2.47 bits per heavy atom. The molecule has 0 aromatic carbocycles. The van der Waals surface area contributed by atoms with Gasteiger partial charge in [-0.3, -0.25) is 4.98 Å². The highest BCUT2D eigenvalue weighted by molar-refractivity contribution is 5.74. The number of likely N-dealkylation sites (tertiary alicyclic amines) is 1. The van der Waals surface area contributed by atoms with E-state index < -0.39 is 0 Å². The van der Waals surface area contributed by atoms with E-state index in [1.54, 1.807) is 18.0 Å². The van der Waals surface area contributed by atoms with Gasteiger partial charge in [-0.05, 0) is 31.9 Å². The molecule has 5 heteroatoms. The van der Waals surface area contributed by atoms with E-state index in [1.165, 1.54) is 0 Å². The second-order valence-electron chi connectivity index (χ2n) is 5.07. The van der Waals surface area contributed by atoms with Crippen molar-refractivity contribution in [1.82, 2.24) is 15.2 Å². The number of amides is 2. The molecule has 2 atom stereocenters. The Morgan fingerprint density at radius 3 is 3.16 bits per heavy atom. The van der Waals surface area contributed by atoms with Gasteiger partial charge in [0.05, 0.1) is 18.3 Å². The molecule has 2 heterocycles. The molecular weight excluding hydrogens is 242 g/mol. The number of hydrogen-bond acceptors (Lipinski definition) is 3. The Kier molecular flexibility index (Phi) is 4.74. The molecule has 1 aromatic rings. The van der Waals surface area contributed by atoms with Crippen LogP contribution in [0.3, 0.4) is 0 Å². The van der Waals surface area contributed by atoms with E-state index in [0.29, 0.717) is 13.1 Å². The van der Waals surface area contributed by atoms with Crippen LogP contribution in [0.25, 0.3) is 0 Å². The second kappa shape index (κ2) is 6.52. The fourth-order valence-corrected chi connectivity index (χ4v) is 2.37. The van der Waals surface area contributed by atoms with Gasteiger partial charge in [-0.25, -0.2) is 4.79 Å². The van der Waals surface area contributed by atoms with Gasteiger partial charge in [0.1, 0.15) is 0 Å². The summed E-state index contributed by atoms with van der Waals surface area (Å²) in [4.78, 5) is 18.0. The average Bonchev–Trinajstić information content (AvgIpc) is 2.46. The van der Waals surface area contributed by atoms with Gasteiger partial charge >= 0.3 is 6.03 Å². The Morgan fingerprint density at radius 1 is 1.63 bits per heavy atom. The molecule has 5 nitrogen and oxygen atoms in total. The maximum absolute atomic E-state index is 12.0. The van der Waals surface area contributed by atoms with Crippen LogP contribution < -0.4 is 5.32 Å². The fourth-order valence-electron chi connectivity index (χ4n) is 2.37. The first-order chi connectivity index (χ1) is 9.16. The highest BCUT2D eigenvalue weighted by atomic mass is 16.3. The highest BCUT2D eigenvalue weighted by Gasteiger charge is 2.26. The van der Waals surface area contributed by atoms with Crippen LogP contribution in [0.4, 0.5) is 4.79 Å². The van der Waals surface area contributed by atoms with Crippen molar-refractivity contribution in [2.75, 3.05) is 13.1 Å². The van der Waals surface area contributed by atoms with Crippen LogP contribution in [0.2, 0.25) is 0 Å². The first kappa shape index (κ1) is 13.8. The molecule has 1 saturated heterocycles. The standard InChI is InChI=1S/C14H21N3O2/c1-11(18)12-5-4-8-17(10-12)14(19)16-9-13-6-2-3-7-15-13/h2-3,6-7,11-12,18H,4-5,8-10H2,1H3,(H,16,19). The van der Waals surface area contributed by atoms with Gasteiger partial charge in [0.25, 0.3) is 0 Å². The first-order valence-electron chi connectivity index (χ1n) is 6.77. The Balaban J connectivity index is 1.83. The molecular formula is C14H21N3O2. The minimum atomic E-state index is -0.355. The third-order valence-corrected chi connectivity index (χ3v) is 3.57. The summed E-state index contributed by atoms with van der Waals surface area (Å²) in [6.07, 6.45) is 3.30. The van der Waals surface area contributed by atoms with Crippen molar-refractivity contribution >= 4 is 6.03 Å². The predicted molar refractivity (Wildman–Crippen MR) is 72.5 cm³/mol. The number of aliphatic hydroxyl groups is 1. The molecule has 2 rings (SSSR count). The van der Waals surface area contributed by atoms with Crippen molar-refractivity contribution in [3.63, 3.8) is 0 Å². The minimum absolute atomic E-state index is 0.0731. The van der Waals surface area contributed by atoms with Crippen molar-refractivity contribution in [1.29, 1.82) is 0 Å². The van der Waals surface area contributed by atoms with E-state index in [0.717, 1.165) is 25.1 Å². The molecule has 0 radical (unpaired) electrons. The molecule has 0 aliphatic carbocycles. The number of urea groups is 1. The molecule has 1 fully saturated rings. The number of hydrogen-bond donors (Lipinski definition) is 2. The maximum Gasteiger partial charge on any atom is 0.317 e. The minimum Gasteiger partial charge on any atom is -0.393 e. The largest absolute Gasteiger partial charge is 0.393 e. The molecule has 0 spiro atoms. The number of carbonyl (C=O) groups is 1. The number of rotatable bonds is 3. The third-order valence-electron chi connectivity index (χ3n) is 3.57. The maximum atomic E-state index is 12.0. The lowest BCUT2D eigenvalue weighted by Gasteiger charge is -2.34. The van der Waals surface area contributed by atoms with Crippen molar-refractivity contribution in [2.45, 2.75) is 32.4 Å². The van der Waals surface area contributed by atoms with Crippen LogP contribution in [-0.2, 0) is 6.54 Å². The lowest BCUT2D eigenvalue weighted by atomic mass is 9.94. The lowest BCUT2D eigenvalue weighted by molar-refractivity contribution is 0.0738. The van der Waals surface area contributed by atoms with E-state index >= 15 is 0 Å². The van der Waals surface area contributed by atoms with Gasteiger partial charge in [-0.1, -0.05) is 6.07 Å². The fraction of sp³-hybridized carbons (Fsp3) is 0.571. The zero-order chi connectivity index (χ0) is 13.7. The van der Waals surface area contributed by atoms with Gasteiger partial charge < -0.3 is 15.3 Å². The summed E-state index contributed by atoms with van der Waals surface area (Å²) >= 11 is 0. The summed E-state index contributed by atoms with van der Waals surface area (Å²) in [7, 11) is 0. The topological polar surface area (TPSA) is 65.5 Å². The summed E-state index contributed by atoms with van der Waals surface area (Å²) in [6, 6.07) is 5.56. The number of nitrogens with zero attached hydrogens (tertiary/aromatic N) is 2. The van der Waals surface area contributed by atoms with E-state index in [-0.39, 0.29) is 18.1 Å². The van der Waals surface area contributed by atoms with Gasteiger partial charge in [0.2, 0.25) is 0 Å². The van der Waals surface area contributed by atoms with Gasteiger partial charge in [-0.2, -0.15) is 0 Å². The second-order valence-corrected chi connectivity index (χ2v) is 5.07. The quantitative estimate of drug-likeness (QED) is 0.866. The van der Waals surface area contributed by atoms with E-state index in [4.69, 9.17) is 0 Å². The van der Waals surface area contributed by atoms with E-state index in [1.807, 2.05) is 18.2 Å². The smallest absolute Gasteiger partial charge is 0.317 e. The number of nitrogens with one attached hydrogen (secondary N) is 1. The highest BCUT2D eigenvalue weighted by Crippen LogP contribution is 2.19. The monoisotopic (exact) mass is 263 g/mol. The van der Waals surface area contributed by atoms with Crippen molar-refractivity contribution < 1.29 is 9.90 Å². The number of pyridine rings is 1. The molecule has 0 saturated carbocycles. The van der Waals surface area contributed by atoms with Crippen LogP contribution in [0, 0.1) is 5.92 Å². The Labute approximate surface area is 113 Å². The summed E-state index contributed by atoms with van der Waals surface area (Å²) in [6.45, 7) is 3.62. The third kappa shape index (κ3) is 3.92. The molecule has 2 unspecified atom stereocenters. The summed E-state index contributed by atoms with van der Waals surface area (Å²) < 4.78 is 0. The molecule has 0 bridgehead atoms. The molecule has 1 aromatic heterocycles. The summed E-state index contributed by atoms with van der Waals surface area (Å²) in [5.41, 5.74) is 0.847. The van der Waals surface area contributed by atoms with E-state index in [2.05, 4.69) is 10.3 Å². The number of aliphatic hydroxyl groups excluding tert-OH is 1. The predicted octanol–water partition coefficient (Wildman–Crippen LogP) is 1.38. The van der Waals surface area contributed by atoms with Crippen molar-refractivity contribution in [2.24, 2.45) is 5.92 Å². The van der Waals surface area contributed by atoms with Gasteiger partial charge in [0.15, 0.2) is 0 Å². The Hall–Kier alpha value is -1.62. The number of carbonyl (C=O) groups excluding carboxylic acids is 1. The average molecular weight is 263 g/mol. The molecule has 104 valence electrons. The number of aromatic nitrogens is 1. The molecule has 1 aliphatic rings. The van der Waals surface area contributed by atoms with Crippen LogP contribution in [-0.4, -0.2) is 40.2 Å². The molecule has 2 N–H and O–H groups in total. The van der Waals surface area contributed by atoms with Crippen LogP contribution in [0.1, 0.15) is 25.5 Å². The van der Waals surface area contributed by atoms with Gasteiger partial charge in [-0.15, -0.1) is 0 Å². The van der Waals surface area contributed by atoms with Crippen LogP contribution >= 0.6 is 0 Å². The molecule has 1 aliphatic heterocycles. The molecule has 19 heavy (non-hydrogen) atoms. The van der Waals surface area contributed by atoms with Crippen LogP contribution in [0.15, 0.2) is 24.4 Å². The van der Waals surface area contributed by atoms with Crippen LogP contribution in [0.5, 0.6) is 0 Å². The SMILES string of the molecule is CC(O)C1CCCN(C(=O)NCc2ccccn2)C1. The molecule has 2 amide bonds. The lowest BCUT2D eigenvalue weighted by Crippen LogP contribution is -2.47. The van der Waals surface area contributed by atoms with Crippen molar-refractivity contribution in [3.8, 4) is 0 Å². The first-order valence-corrected chi connectivity index (χ1v) is 6.77. The normalized spacial score (nSPS) is 20.9. The zero-order valence-corrected chi connectivity index (χ0v) is 11.2. The van der Waals surface area contributed by atoms with Crippen molar-refractivity contribution in [3.05, 3.63) is 30.1 Å². The van der Waals surface area contributed by atoms with Gasteiger partial charge in [0, 0.05) is 25.2 Å². The zero-order valence-electron chi connectivity index (χ0n) is 11.2.